The number of carbonyl (C=O) groups is 1. The Morgan fingerprint density at radius 3 is 2.71 bits per heavy atom. The number of aliphatic hydroxyl groups is 1. The van der Waals surface area contributed by atoms with Crippen LogP contribution in [-0.2, 0) is 4.79 Å². The van der Waals surface area contributed by atoms with E-state index in [1.807, 2.05) is 0 Å². The number of aliphatic hydroxyl groups excluding tert-OH is 1. The van der Waals surface area contributed by atoms with E-state index in [-0.39, 0.29) is 32.0 Å². The van der Waals surface area contributed by atoms with E-state index in [9.17, 15) is 13.6 Å². The van der Waals surface area contributed by atoms with E-state index in [4.69, 9.17) is 22.4 Å². The highest BCUT2D eigenvalue weighted by molar-refractivity contribution is 6.31. The van der Waals surface area contributed by atoms with Gasteiger partial charge in [-0.15, -0.1) is 0 Å². The third-order valence-corrected chi connectivity index (χ3v) is 2.99. The number of anilines is 2. The first-order valence-corrected chi connectivity index (χ1v) is 6.76. The Morgan fingerprint density at radius 2 is 2.14 bits per heavy atom. The zero-order chi connectivity index (χ0) is 15.8. The van der Waals surface area contributed by atoms with Gasteiger partial charge in [-0.1, -0.05) is 11.6 Å². The van der Waals surface area contributed by atoms with Gasteiger partial charge in [0.2, 0.25) is 5.91 Å². The smallest absolute Gasteiger partial charge is 0.251 e. The van der Waals surface area contributed by atoms with Gasteiger partial charge in [-0.25, -0.2) is 8.78 Å². The van der Waals surface area contributed by atoms with Gasteiger partial charge in [0.15, 0.2) is 0 Å². The summed E-state index contributed by atoms with van der Waals surface area (Å²) in [7, 11) is 0. The molecule has 1 rings (SSSR count). The number of nitrogens with zero attached hydrogens (tertiary/aromatic N) is 1. The Balaban J connectivity index is 2.48. The van der Waals surface area contributed by atoms with Crippen LogP contribution in [0.3, 0.4) is 0 Å². The summed E-state index contributed by atoms with van der Waals surface area (Å²) in [5.74, 6) is -0.346. The SMILES string of the molecule is Nc1cc(Cl)ccc1NC(=O)CCN(CCO)CC(F)F. The van der Waals surface area contributed by atoms with Crippen LogP contribution in [0.25, 0.3) is 0 Å². The molecule has 0 aromatic heterocycles. The molecule has 21 heavy (non-hydrogen) atoms. The van der Waals surface area contributed by atoms with E-state index >= 15 is 0 Å². The molecule has 0 saturated heterocycles. The minimum Gasteiger partial charge on any atom is -0.397 e. The van der Waals surface area contributed by atoms with Crippen LogP contribution < -0.4 is 11.1 Å². The van der Waals surface area contributed by atoms with Crippen LogP contribution >= 0.6 is 11.6 Å². The number of hydrogen-bond acceptors (Lipinski definition) is 4. The van der Waals surface area contributed by atoms with Gasteiger partial charge >= 0.3 is 0 Å². The molecular weight excluding hydrogens is 304 g/mol. The molecule has 0 spiro atoms. The van der Waals surface area contributed by atoms with Crippen LogP contribution in [0.1, 0.15) is 6.42 Å². The van der Waals surface area contributed by atoms with Gasteiger partial charge in [-0.05, 0) is 18.2 Å². The van der Waals surface area contributed by atoms with Crippen molar-refractivity contribution in [1.82, 2.24) is 4.90 Å². The predicted octanol–water partition coefficient (Wildman–Crippen LogP) is 1.81. The van der Waals surface area contributed by atoms with E-state index in [0.29, 0.717) is 16.4 Å². The molecule has 0 aliphatic rings. The number of alkyl halides is 2. The number of rotatable bonds is 8. The first-order valence-electron chi connectivity index (χ1n) is 6.38. The summed E-state index contributed by atoms with van der Waals surface area (Å²) in [6.07, 6.45) is -2.49. The largest absolute Gasteiger partial charge is 0.397 e. The summed E-state index contributed by atoms with van der Waals surface area (Å²) in [6.45, 7) is -0.486. The van der Waals surface area contributed by atoms with E-state index in [2.05, 4.69) is 5.32 Å². The molecule has 5 nitrogen and oxygen atoms in total. The fraction of sp³-hybridized carbons (Fsp3) is 0.462. The molecule has 0 bridgehead atoms. The second kappa shape index (κ2) is 8.76. The normalized spacial score (nSPS) is 11.1. The average Bonchev–Trinajstić information content (AvgIpc) is 2.39. The molecule has 118 valence electrons. The molecule has 1 aromatic carbocycles. The summed E-state index contributed by atoms with van der Waals surface area (Å²) in [4.78, 5) is 13.1. The van der Waals surface area contributed by atoms with Gasteiger partial charge in [0.1, 0.15) is 0 Å². The highest BCUT2D eigenvalue weighted by Gasteiger charge is 2.13. The van der Waals surface area contributed by atoms with Crippen LogP contribution in [0.5, 0.6) is 0 Å². The number of nitrogens with two attached hydrogens (primary N) is 1. The van der Waals surface area contributed by atoms with Gasteiger partial charge in [0.05, 0.1) is 24.5 Å². The third kappa shape index (κ3) is 6.70. The number of nitrogens with one attached hydrogen (secondary N) is 1. The van der Waals surface area contributed by atoms with Crippen molar-refractivity contribution in [3.05, 3.63) is 23.2 Å². The van der Waals surface area contributed by atoms with Crippen molar-refractivity contribution >= 4 is 28.9 Å². The summed E-state index contributed by atoms with van der Waals surface area (Å²) in [6, 6.07) is 4.66. The van der Waals surface area contributed by atoms with Crippen molar-refractivity contribution in [2.45, 2.75) is 12.8 Å². The third-order valence-electron chi connectivity index (χ3n) is 2.76. The molecular formula is C13H18ClF2N3O2. The fourth-order valence-electron chi connectivity index (χ4n) is 1.75. The van der Waals surface area contributed by atoms with E-state index < -0.39 is 13.0 Å². The minimum atomic E-state index is -2.51. The molecule has 0 saturated carbocycles. The first kappa shape index (κ1) is 17.6. The molecule has 0 heterocycles. The Kier molecular flexibility index (Phi) is 7.35. The van der Waals surface area contributed by atoms with E-state index in [1.165, 1.54) is 11.0 Å². The highest BCUT2D eigenvalue weighted by atomic mass is 35.5. The van der Waals surface area contributed by atoms with Gasteiger partial charge in [0, 0.05) is 24.5 Å². The second-order valence-corrected chi connectivity index (χ2v) is 4.88. The molecule has 8 heteroatoms. The lowest BCUT2D eigenvalue weighted by Crippen LogP contribution is -2.34. The number of carbonyl (C=O) groups excluding carboxylic acids is 1. The Labute approximate surface area is 126 Å². The van der Waals surface area contributed by atoms with Crippen molar-refractivity contribution in [2.24, 2.45) is 0 Å². The summed E-state index contributed by atoms with van der Waals surface area (Å²) in [5, 5.41) is 11.8. The molecule has 0 aliphatic carbocycles. The molecule has 4 N–H and O–H groups in total. The van der Waals surface area contributed by atoms with Crippen LogP contribution in [0, 0.1) is 0 Å². The lowest BCUT2D eigenvalue weighted by atomic mass is 10.2. The molecule has 0 aliphatic heterocycles. The van der Waals surface area contributed by atoms with Crippen molar-refractivity contribution < 1.29 is 18.7 Å². The number of hydrogen-bond donors (Lipinski definition) is 3. The highest BCUT2D eigenvalue weighted by Crippen LogP contribution is 2.22. The standard InChI is InChI=1S/C13H18ClF2N3O2/c14-9-1-2-11(10(17)7-9)18-13(21)3-4-19(5-6-20)8-12(15)16/h1-2,7,12,20H,3-6,8,17H2,(H,18,21). The van der Waals surface area contributed by atoms with Gasteiger partial charge < -0.3 is 16.2 Å². The maximum atomic E-state index is 12.3. The fourth-order valence-corrected chi connectivity index (χ4v) is 1.93. The van der Waals surface area contributed by atoms with Crippen molar-refractivity contribution in [3.8, 4) is 0 Å². The lowest BCUT2D eigenvalue weighted by Gasteiger charge is -2.20. The number of nitrogen functional groups attached to an aromatic ring is 1. The lowest BCUT2D eigenvalue weighted by molar-refractivity contribution is -0.116. The molecule has 0 radical (unpaired) electrons. The van der Waals surface area contributed by atoms with E-state index in [1.54, 1.807) is 12.1 Å². The second-order valence-electron chi connectivity index (χ2n) is 4.45. The topological polar surface area (TPSA) is 78.6 Å². The Bertz CT molecular complexity index is 475. The quantitative estimate of drug-likeness (QED) is 0.638. The molecule has 0 fully saturated rings. The zero-order valence-electron chi connectivity index (χ0n) is 11.4. The number of amides is 1. The zero-order valence-corrected chi connectivity index (χ0v) is 12.1. The van der Waals surface area contributed by atoms with Crippen LogP contribution in [0.4, 0.5) is 20.2 Å². The van der Waals surface area contributed by atoms with Crippen LogP contribution in [-0.4, -0.2) is 48.6 Å². The monoisotopic (exact) mass is 321 g/mol. The van der Waals surface area contributed by atoms with Crippen LogP contribution in [0.15, 0.2) is 18.2 Å². The number of halogens is 3. The van der Waals surface area contributed by atoms with Gasteiger partial charge in [-0.2, -0.15) is 0 Å². The summed E-state index contributed by atoms with van der Waals surface area (Å²) >= 11 is 5.75. The van der Waals surface area contributed by atoms with E-state index in [0.717, 1.165) is 0 Å². The van der Waals surface area contributed by atoms with Crippen molar-refractivity contribution in [2.75, 3.05) is 37.3 Å². The average molecular weight is 322 g/mol. The molecule has 0 unspecified atom stereocenters. The predicted molar refractivity (Wildman–Crippen MR) is 78.6 cm³/mol. The van der Waals surface area contributed by atoms with Crippen molar-refractivity contribution in [1.29, 1.82) is 0 Å². The first-order chi connectivity index (χ1) is 9.92. The maximum Gasteiger partial charge on any atom is 0.251 e. The Hall–Kier alpha value is -1.44. The summed E-state index contributed by atoms with van der Waals surface area (Å²) in [5.41, 5.74) is 6.45. The Morgan fingerprint density at radius 1 is 1.43 bits per heavy atom. The van der Waals surface area contributed by atoms with Crippen LogP contribution in [0.2, 0.25) is 5.02 Å². The van der Waals surface area contributed by atoms with Gasteiger partial charge in [-0.3, -0.25) is 9.69 Å². The molecule has 1 aromatic rings. The summed E-state index contributed by atoms with van der Waals surface area (Å²) < 4.78 is 24.6. The molecule has 1 amide bonds. The minimum absolute atomic E-state index is 0.0226. The van der Waals surface area contributed by atoms with Crippen molar-refractivity contribution in [3.63, 3.8) is 0 Å². The molecule has 0 atom stereocenters. The van der Waals surface area contributed by atoms with Gasteiger partial charge in [0.25, 0.3) is 6.43 Å². The number of benzene rings is 1. The maximum absolute atomic E-state index is 12.3.